The van der Waals surface area contributed by atoms with Crippen molar-refractivity contribution in [3.8, 4) is 23.1 Å². The van der Waals surface area contributed by atoms with Crippen molar-refractivity contribution < 1.29 is 29.2 Å². The summed E-state index contributed by atoms with van der Waals surface area (Å²) < 4.78 is 20.9. The van der Waals surface area contributed by atoms with Gasteiger partial charge in [0.2, 0.25) is 5.43 Å². The fourth-order valence-electron chi connectivity index (χ4n) is 4.57. The van der Waals surface area contributed by atoms with Gasteiger partial charge >= 0.3 is 5.97 Å². The highest BCUT2D eigenvalue weighted by atomic mass is 35.5. The minimum Gasteiger partial charge on any atom is -0.505 e. The molecule has 0 amide bonds. The Bertz CT molecular complexity index is 1590. The van der Waals surface area contributed by atoms with Crippen molar-refractivity contribution in [3.63, 3.8) is 0 Å². The first kappa shape index (κ1) is 24.4. The smallest absolute Gasteiger partial charge is 0.341 e. The zero-order chi connectivity index (χ0) is 26.3. The molecular formula is C26H21ClFN3O6. The van der Waals surface area contributed by atoms with Gasteiger partial charge in [-0.1, -0.05) is 11.6 Å². The van der Waals surface area contributed by atoms with Gasteiger partial charge in [-0.3, -0.25) is 4.79 Å². The van der Waals surface area contributed by atoms with E-state index in [0.29, 0.717) is 17.7 Å². The Morgan fingerprint density at radius 3 is 2.73 bits per heavy atom. The maximum atomic E-state index is 13.7. The van der Waals surface area contributed by atoms with Gasteiger partial charge in [0.1, 0.15) is 12.2 Å². The number of carbonyl (C=O) groups is 1. The fraction of sp³-hybridized carbons (Fsp3) is 0.192. The molecule has 1 saturated heterocycles. The monoisotopic (exact) mass is 525 g/mol. The molecule has 3 N–H and O–H groups in total. The van der Waals surface area contributed by atoms with Gasteiger partial charge < -0.3 is 29.5 Å². The Kier molecular flexibility index (Phi) is 6.34. The van der Waals surface area contributed by atoms with Crippen molar-refractivity contribution in [2.45, 2.75) is 18.9 Å². The molecule has 4 aromatic rings. The lowest BCUT2D eigenvalue weighted by molar-refractivity contribution is 0.0695. The van der Waals surface area contributed by atoms with E-state index in [1.165, 1.54) is 29.0 Å². The van der Waals surface area contributed by atoms with Crippen molar-refractivity contribution in [3.05, 3.63) is 81.5 Å². The number of pyridine rings is 2. The molecular weight excluding hydrogens is 505 g/mol. The molecule has 1 aliphatic rings. The third-order valence-corrected chi connectivity index (χ3v) is 6.66. The maximum absolute atomic E-state index is 13.7. The van der Waals surface area contributed by atoms with Gasteiger partial charge in [-0.15, -0.1) is 0 Å². The average Bonchev–Trinajstić information content (AvgIpc) is 3.33. The summed E-state index contributed by atoms with van der Waals surface area (Å²) in [5.41, 5.74) is -0.0396. The molecule has 2 aromatic heterocycles. The Morgan fingerprint density at radius 2 is 2.00 bits per heavy atom. The zero-order valence-electron chi connectivity index (χ0n) is 19.3. The number of nitrogens with zero attached hydrogens (tertiary/aromatic N) is 3. The van der Waals surface area contributed by atoms with Gasteiger partial charge in [0, 0.05) is 36.1 Å². The third kappa shape index (κ3) is 4.51. The predicted octanol–water partition coefficient (Wildman–Crippen LogP) is 4.34. The Balaban J connectivity index is 1.61. The molecule has 11 heteroatoms. The minimum atomic E-state index is -1.43. The number of hydrogen-bond acceptors (Lipinski definition) is 7. The SMILES string of the molecule is O=C(O)c1cn(-c2ccc(F)c(O)c2)c2cc(N3CCCC3COc3ncccc3O)c(Cl)cc2c1=O. The second-order valence-corrected chi connectivity index (χ2v) is 9.04. The number of carboxylic acid groups (broad SMARTS) is 1. The van der Waals surface area contributed by atoms with E-state index >= 15 is 0 Å². The standard InChI is InChI=1S/C26H21ClFN3O6/c27-18-10-16-20(31(12-17(24(16)34)26(35)36)14-5-6-19(28)23(33)9-14)11-21(18)30-8-2-3-15(30)13-37-25-22(32)4-1-7-29-25/h1,4-7,9-12,15,32-33H,2-3,8,13H2,(H,35,36). The normalized spacial score (nSPS) is 15.3. The summed E-state index contributed by atoms with van der Waals surface area (Å²) in [5, 5.41) is 29.8. The van der Waals surface area contributed by atoms with Gasteiger partial charge in [0.25, 0.3) is 5.88 Å². The van der Waals surface area contributed by atoms with Crippen LogP contribution < -0.4 is 15.1 Å². The summed E-state index contributed by atoms with van der Waals surface area (Å²) in [4.78, 5) is 30.8. The number of fused-ring (bicyclic) bond motifs is 1. The highest BCUT2D eigenvalue weighted by molar-refractivity contribution is 6.34. The number of halogens is 2. The molecule has 0 radical (unpaired) electrons. The zero-order valence-corrected chi connectivity index (χ0v) is 20.0. The molecule has 190 valence electrons. The van der Waals surface area contributed by atoms with E-state index in [1.807, 2.05) is 4.90 Å². The molecule has 1 unspecified atom stereocenters. The molecule has 9 nitrogen and oxygen atoms in total. The van der Waals surface area contributed by atoms with Gasteiger partial charge in [-0.25, -0.2) is 14.2 Å². The Labute approximate surface area is 214 Å². The second kappa shape index (κ2) is 9.62. The van der Waals surface area contributed by atoms with E-state index in [2.05, 4.69) is 4.98 Å². The van der Waals surface area contributed by atoms with Crippen LogP contribution in [0.1, 0.15) is 23.2 Å². The number of rotatable bonds is 6. The van der Waals surface area contributed by atoms with E-state index < -0.39 is 28.5 Å². The van der Waals surface area contributed by atoms with E-state index in [-0.39, 0.29) is 40.4 Å². The third-order valence-electron chi connectivity index (χ3n) is 6.36. The molecule has 1 fully saturated rings. The van der Waals surface area contributed by atoms with Gasteiger partial charge in [0.15, 0.2) is 17.3 Å². The van der Waals surface area contributed by atoms with Crippen LogP contribution in [0.3, 0.4) is 0 Å². The van der Waals surface area contributed by atoms with Crippen LogP contribution in [0, 0.1) is 5.82 Å². The number of anilines is 1. The predicted molar refractivity (Wildman–Crippen MR) is 135 cm³/mol. The molecule has 37 heavy (non-hydrogen) atoms. The molecule has 0 bridgehead atoms. The first-order valence-electron chi connectivity index (χ1n) is 11.4. The maximum Gasteiger partial charge on any atom is 0.341 e. The van der Waals surface area contributed by atoms with Gasteiger partial charge in [-0.2, -0.15) is 0 Å². The lowest BCUT2D eigenvalue weighted by Crippen LogP contribution is -2.34. The van der Waals surface area contributed by atoms with Gasteiger partial charge in [0.05, 0.1) is 22.3 Å². The Hall–Kier alpha value is -4.31. The van der Waals surface area contributed by atoms with E-state index in [1.54, 1.807) is 12.1 Å². The lowest BCUT2D eigenvalue weighted by Gasteiger charge is -2.28. The highest BCUT2D eigenvalue weighted by Gasteiger charge is 2.29. The van der Waals surface area contributed by atoms with Crippen molar-refractivity contribution in [2.75, 3.05) is 18.1 Å². The summed E-state index contributed by atoms with van der Waals surface area (Å²) in [5.74, 6) is -2.84. The van der Waals surface area contributed by atoms with E-state index in [4.69, 9.17) is 16.3 Å². The van der Waals surface area contributed by atoms with Crippen LogP contribution in [-0.4, -0.2) is 50.0 Å². The topological polar surface area (TPSA) is 125 Å². The van der Waals surface area contributed by atoms with Crippen molar-refractivity contribution in [1.82, 2.24) is 9.55 Å². The lowest BCUT2D eigenvalue weighted by atomic mass is 10.1. The number of benzene rings is 2. The number of aromatic hydroxyl groups is 2. The fourth-order valence-corrected chi connectivity index (χ4v) is 4.84. The van der Waals surface area contributed by atoms with Crippen LogP contribution >= 0.6 is 11.6 Å². The van der Waals surface area contributed by atoms with Crippen LogP contribution in [-0.2, 0) is 0 Å². The van der Waals surface area contributed by atoms with Crippen molar-refractivity contribution in [1.29, 1.82) is 0 Å². The second-order valence-electron chi connectivity index (χ2n) is 8.63. The van der Waals surface area contributed by atoms with Crippen LogP contribution in [0.4, 0.5) is 10.1 Å². The van der Waals surface area contributed by atoms with Crippen LogP contribution in [0.2, 0.25) is 5.02 Å². The first-order chi connectivity index (χ1) is 17.7. The molecule has 1 atom stereocenters. The summed E-state index contributed by atoms with van der Waals surface area (Å²) >= 11 is 6.62. The van der Waals surface area contributed by atoms with Crippen molar-refractivity contribution in [2.24, 2.45) is 0 Å². The molecule has 1 aliphatic heterocycles. The molecule has 3 heterocycles. The average molecular weight is 526 g/mol. The minimum absolute atomic E-state index is 0.0582. The number of carboxylic acids is 1. The number of aromatic carboxylic acids is 1. The first-order valence-corrected chi connectivity index (χ1v) is 11.8. The summed E-state index contributed by atoms with van der Waals surface area (Å²) in [6, 6.07) is 9.60. The molecule has 2 aromatic carbocycles. The summed E-state index contributed by atoms with van der Waals surface area (Å²) in [6.07, 6.45) is 4.27. The van der Waals surface area contributed by atoms with E-state index in [0.717, 1.165) is 31.2 Å². The molecule has 5 rings (SSSR count). The number of phenolic OH excluding ortho intramolecular Hbond substituents is 1. The van der Waals surface area contributed by atoms with Gasteiger partial charge in [-0.05, 0) is 49.2 Å². The number of aromatic nitrogens is 2. The number of ether oxygens (including phenoxy) is 1. The Morgan fingerprint density at radius 1 is 1.19 bits per heavy atom. The molecule has 0 aliphatic carbocycles. The summed E-state index contributed by atoms with van der Waals surface area (Å²) in [6.45, 7) is 0.859. The van der Waals surface area contributed by atoms with Crippen LogP contribution in [0.25, 0.3) is 16.6 Å². The summed E-state index contributed by atoms with van der Waals surface area (Å²) in [7, 11) is 0. The number of hydrogen-bond donors (Lipinski definition) is 3. The highest BCUT2D eigenvalue weighted by Crippen LogP contribution is 2.36. The largest absolute Gasteiger partial charge is 0.505 e. The number of phenols is 1. The van der Waals surface area contributed by atoms with Crippen LogP contribution in [0.15, 0.2) is 59.7 Å². The van der Waals surface area contributed by atoms with Crippen molar-refractivity contribution >= 4 is 34.2 Å². The molecule has 0 saturated carbocycles. The molecule has 0 spiro atoms. The quantitative estimate of drug-likeness (QED) is 0.339. The van der Waals surface area contributed by atoms with E-state index in [9.17, 15) is 29.3 Å². The van der Waals surface area contributed by atoms with Crippen LogP contribution in [0.5, 0.6) is 17.4 Å².